The topological polar surface area (TPSA) is 190 Å². The first kappa shape index (κ1) is 21.9. The third-order valence-electron chi connectivity index (χ3n) is 5.12. The summed E-state index contributed by atoms with van der Waals surface area (Å²) < 4.78 is 16.4. The van der Waals surface area contributed by atoms with Crippen molar-refractivity contribution in [3.63, 3.8) is 0 Å². The molecule has 0 bridgehead atoms. The van der Waals surface area contributed by atoms with Gasteiger partial charge in [-0.2, -0.15) is 0 Å². The molecule has 5 atom stereocenters. The number of hydrogen-bond donors (Lipinski definition) is 7. The van der Waals surface area contributed by atoms with E-state index in [4.69, 9.17) is 19.0 Å². The van der Waals surface area contributed by atoms with Crippen molar-refractivity contribution in [2.24, 2.45) is 0 Å². The van der Waals surface area contributed by atoms with E-state index < -0.39 is 54.2 Å². The van der Waals surface area contributed by atoms with Gasteiger partial charge < -0.3 is 49.6 Å². The Morgan fingerprint density at radius 1 is 0.969 bits per heavy atom. The molecule has 0 unspecified atom stereocenters. The van der Waals surface area contributed by atoms with Gasteiger partial charge in [-0.05, 0) is 18.2 Å². The second kappa shape index (κ2) is 8.30. The zero-order chi connectivity index (χ0) is 23.2. The molecule has 1 aliphatic rings. The van der Waals surface area contributed by atoms with Crippen molar-refractivity contribution < 1.29 is 49.6 Å². The largest absolute Gasteiger partial charge is 0.507 e. The molecule has 0 saturated carbocycles. The molecule has 0 radical (unpaired) electrons. The molecule has 170 valence electrons. The van der Waals surface area contributed by atoms with Crippen LogP contribution in [0.5, 0.6) is 23.0 Å². The van der Waals surface area contributed by atoms with Crippen molar-refractivity contribution in [3.05, 3.63) is 46.6 Å². The molecule has 32 heavy (non-hydrogen) atoms. The Hall–Kier alpha value is -3.35. The summed E-state index contributed by atoms with van der Waals surface area (Å²) in [4.78, 5) is 12.5. The van der Waals surface area contributed by atoms with Crippen molar-refractivity contribution in [3.8, 4) is 34.3 Å². The van der Waals surface area contributed by atoms with Crippen LogP contribution < -0.4 is 10.2 Å². The van der Waals surface area contributed by atoms with Crippen molar-refractivity contribution >= 4 is 11.0 Å². The highest BCUT2D eigenvalue weighted by atomic mass is 16.7. The van der Waals surface area contributed by atoms with Gasteiger partial charge in [0, 0.05) is 23.8 Å². The first-order valence-electron chi connectivity index (χ1n) is 9.50. The van der Waals surface area contributed by atoms with Gasteiger partial charge in [0.1, 0.15) is 52.6 Å². The summed E-state index contributed by atoms with van der Waals surface area (Å²) in [5, 5.41) is 68.2. The summed E-state index contributed by atoms with van der Waals surface area (Å²) in [7, 11) is 0. The Morgan fingerprint density at radius 2 is 1.72 bits per heavy atom. The van der Waals surface area contributed by atoms with E-state index in [-0.39, 0.29) is 33.8 Å². The number of fused-ring (bicyclic) bond motifs is 1. The molecule has 0 spiro atoms. The lowest BCUT2D eigenvalue weighted by molar-refractivity contribution is -0.137. The zero-order valence-corrected chi connectivity index (χ0v) is 16.3. The molecule has 3 aromatic rings. The fraction of sp³-hybridized carbons (Fsp3) is 0.286. The Bertz CT molecular complexity index is 1200. The summed E-state index contributed by atoms with van der Waals surface area (Å²) in [6.07, 6.45) is -7.32. The fourth-order valence-electron chi connectivity index (χ4n) is 3.46. The summed E-state index contributed by atoms with van der Waals surface area (Å²) in [5.74, 6) is -1.30. The highest BCUT2D eigenvalue weighted by Crippen LogP contribution is 2.35. The average Bonchev–Trinajstić information content (AvgIpc) is 3.03. The second-order valence-electron chi connectivity index (χ2n) is 7.31. The van der Waals surface area contributed by atoms with Crippen LogP contribution in [0.4, 0.5) is 0 Å². The van der Waals surface area contributed by atoms with E-state index in [0.717, 1.165) is 12.1 Å². The predicted octanol–water partition coefficient (Wildman–Crippen LogP) is -0.245. The Kier molecular flexibility index (Phi) is 5.67. The number of phenolic OH excluding ortho intramolecular Hbond substituents is 3. The molecule has 2 heterocycles. The average molecular weight is 448 g/mol. The van der Waals surface area contributed by atoms with E-state index in [2.05, 4.69) is 0 Å². The maximum atomic E-state index is 12.5. The van der Waals surface area contributed by atoms with Crippen LogP contribution in [0.1, 0.15) is 0 Å². The molecular formula is C21H20O11. The lowest BCUT2D eigenvalue weighted by atomic mass is 10.1. The number of hydrogen-bond acceptors (Lipinski definition) is 11. The van der Waals surface area contributed by atoms with Crippen LogP contribution in [-0.4, -0.2) is 73.1 Å². The highest BCUT2D eigenvalue weighted by Gasteiger charge is 2.47. The molecule has 1 fully saturated rings. The van der Waals surface area contributed by atoms with Crippen molar-refractivity contribution in [2.75, 3.05) is 6.61 Å². The first-order valence-corrected chi connectivity index (χ1v) is 9.50. The Balaban J connectivity index is 1.69. The van der Waals surface area contributed by atoms with E-state index in [0.29, 0.717) is 0 Å². The van der Waals surface area contributed by atoms with Gasteiger partial charge in [-0.25, -0.2) is 0 Å². The highest BCUT2D eigenvalue weighted by molar-refractivity contribution is 5.86. The van der Waals surface area contributed by atoms with E-state index in [1.807, 2.05) is 0 Å². The molecule has 7 N–H and O–H groups in total. The summed E-state index contributed by atoms with van der Waals surface area (Å²) in [5.41, 5.74) is -0.393. The van der Waals surface area contributed by atoms with Crippen molar-refractivity contribution in [1.29, 1.82) is 0 Å². The van der Waals surface area contributed by atoms with Gasteiger partial charge in [0.05, 0.1) is 6.61 Å². The van der Waals surface area contributed by atoms with Crippen LogP contribution in [0.15, 0.2) is 45.6 Å². The van der Waals surface area contributed by atoms with Gasteiger partial charge in [0.2, 0.25) is 6.29 Å². The minimum atomic E-state index is -1.57. The second-order valence-corrected chi connectivity index (χ2v) is 7.31. The zero-order valence-electron chi connectivity index (χ0n) is 16.3. The SMILES string of the molecule is O=c1cc(-c2ccc(O)c(O)c2)oc2cc(O[C@@H]3O[C@H]([C@H](O)CO)[C@H](O)[C@H]3O)cc(O)c12. The fourth-order valence-corrected chi connectivity index (χ4v) is 3.46. The quantitative estimate of drug-likeness (QED) is 0.255. The van der Waals surface area contributed by atoms with Gasteiger partial charge in [-0.3, -0.25) is 4.79 Å². The van der Waals surface area contributed by atoms with Crippen LogP contribution in [0.2, 0.25) is 0 Å². The minimum absolute atomic E-state index is 0.0352. The van der Waals surface area contributed by atoms with Gasteiger partial charge in [-0.15, -0.1) is 0 Å². The van der Waals surface area contributed by atoms with Crippen LogP contribution in [-0.2, 0) is 4.74 Å². The normalized spacial score (nSPS) is 24.0. The van der Waals surface area contributed by atoms with Gasteiger partial charge >= 0.3 is 0 Å². The molecule has 2 aromatic carbocycles. The number of aliphatic hydroxyl groups is 4. The van der Waals surface area contributed by atoms with Crippen LogP contribution in [0.25, 0.3) is 22.3 Å². The first-order chi connectivity index (χ1) is 15.2. The molecule has 1 saturated heterocycles. The molecule has 0 aliphatic carbocycles. The standard InChI is InChI=1S/C21H20O11/c22-7-14(27)20-18(28)19(29)21(32-20)30-9-4-12(25)17-13(26)6-15(31-16(17)5-9)8-1-2-10(23)11(24)3-8/h1-6,14,18-25,27-29H,7H2/t14-,18-,19-,20-,21-/m1/s1. The molecule has 1 aromatic heterocycles. The van der Waals surface area contributed by atoms with Crippen LogP contribution >= 0.6 is 0 Å². The van der Waals surface area contributed by atoms with Crippen LogP contribution in [0, 0.1) is 0 Å². The van der Waals surface area contributed by atoms with Crippen molar-refractivity contribution in [1.82, 2.24) is 0 Å². The molecule has 1 aliphatic heterocycles. The number of phenols is 3. The minimum Gasteiger partial charge on any atom is -0.507 e. The van der Waals surface area contributed by atoms with Gasteiger partial charge in [-0.1, -0.05) is 0 Å². The monoisotopic (exact) mass is 448 g/mol. The predicted molar refractivity (Wildman–Crippen MR) is 107 cm³/mol. The molecule has 4 rings (SSSR count). The smallest absolute Gasteiger partial charge is 0.229 e. The van der Waals surface area contributed by atoms with E-state index in [9.17, 15) is 35.4 Å². The molecular weight excluding hydrogens is 428 g/mol. The number of ether oxygens (including phenoxy) is 2. The van der Waals surface area contributed by atoms with Gasteiger partial charge in [0.15, 0.2) is 16.9 Å². The number of aromatic hydroxyl groups is 3. The Morgan fingerprint density at radius 3 is 2.41 bits per heavy atom. The van der Waals surface area contributed by atoms with Crippen LogP contribution in [0.3, 0.4) is 0 Å². The van der Waals surface area contributed by atoms with E-state index in [1.165, 1.54) is 24.3 Å². The lowest BCUT2D eigenvalue weighted by Crippen LogP contribution is -2.40. The maximum absolute atomic E-state index is 12.5. The molecule has 11 heteroatoms. The number of aliphatic hydroxyl groups excluding tert-OH is 4. The molecule has 11 nitrogen and oxygen atoms in total. The summed E-state index contributed by atoms with van der Waals surface area (Å²) in [6.45, 7) is -0.710. The van der Waals surface area contributed by atoms with Crippen molar-refractivity contribution in [2.45, 2.75) is 30.7 Å². The summed E-state index contributed by atoms with van der Waals surface area (Å²) in [6, 6.07) is 7.26. The third kappa shape index (κ3) is 3.83. The maximum Gasteiger partial charge on any atom is 0.229 e. The third-order valence-corrected chi connectivity index (χ3v) is 5.12. The van der Waals surface area contributed by atoms with E-state index >= 15 is 0 Å². The van der Waals surface area contributed by atoms with Gasteiger partial charge in [0.25, 0.3) is 0 Å². The number of benzene rings is 2. The lowest BCUT2D eigenvalue weighted by Gasteiger charge is -2.19. The Labute approximate surface area is 179 Å². The summed E-state index contributed by atoms with van der Waals surface area (Å²) >= 11 is 0. The van der Waals surface area contributed by atoms with E-state index in [1.54, 1.807) is 0 Å². The number of rotatable bonds is 5. The molecule has 0 amide bonds.